The van der Waals surface area contributed by atoms with Gasteiger partial charge in [0.25, 0.3) is 0 Å². The number of rotatable bonds is 6. The first-order valence-electron chi connectivity index (χ1n) is 7.75. The Morgan fingerprint density at radius 3 is 2.67 bits per heavy atom. The van der Waals surface area contributed by atoms with Crippen LogP contribution >= 0.6 is 0 Å². The predicted molar refractivity (Wildman–Crippen MR) is 84.0 cm³/mol. The van der Waals surface area contributed by atoms with Crippen LogP contribution in [0.15, 0.2) is 24.3 Å². The van der Waals surface area contributed by atoms with Crippen LogP contribution in [0.1, 0.15) is 44.5 Å². The summed E-state index contributed by atoms with van der Waals surface area (Å²) in [6.07, 6.45) is 0.711. The molecule has 1 amide bonds. The zero-order chi connectivity index (χ0) is 15.5. The quantitative estimate of drug-likeness (QED) is 0.819. The fourth-order valence-corrected chi connectivity index (χ4v) is 2.81. The molecule has 0 spiro atoms. The molecule has 2 unspecified atom stereocenters. The zero-order valence-corrected chi connectivity index (χ0v) is 13.5. The third-order valence-corrected chi connectivity index (χ3v) is 4.37. The fourth-order valence-electron chi connectivity index (χ4n) is 2.81. The van der Waals surface area contributed by atoms with Gasteiger partial charge in [0.15, 0.2) is 0 Å². The molecular weight excluding hydrogens is 264 g/mol. The van der Waals surface area contributed by atoms with Crippen LogP contribution in [0.25, 0.3) is 0 Å². The van der Waals surface area contributed by atoms with Crippen LogP contribution in [-0.2, 0) is 9.53 Å². The van der Waals surface area contributed by atoms with E-state index in [0.29, 0.717) is 19.8 Å². The first-order chi connectivity index (χ1) is 10.0. The van der Waals surface area contributed by atoms with Crippen molar-refractivity contribution in [3.05, 3.63) is 35.4 Å². The Balaban J connectivity index is 2.28. The molecule has 1 fully saturated rings. The van der Waals surface area contributed by atoms with E-state index in [4.69, 9.17) is 4.74 Å². The summed E-state index contributed by atoms with van der Waals surface area (Å²) in [7, 11) is 0. The molecule has 1 aromatic carbocycles. The van der Waals surface area contributed by atoms with Gasteiger partial charge in [0.2, 0.25) is 5.91 Å². The molecule has 21 heavy (non-hydrogen) atoms. The lowest BCUT2D eigenvalue weighted by molar-refractivity contribution is -0.133. The number of nitrogens with one attached hydrogen (secondary N) is 1. The first kappa shape index (κ1) is 16.0. The number of nitrogens with zero attached hydrogens (tertiary/aromatic N) is 1. The molecule has 2 rings (SSSR count). The van der Waals surface area contributed by atoms with Gasteiger partial charge in [0, 0.05) is 13.2 Å². The van der Waals surface area contributed by atoms with Gasteiger partial charge in [-0.15, -0.1) is 0 Å². The fraction of sp³-hybridized carbons (Fsp3) is 0.588. The van der Waals surface area contributed by atoms with E-state index in [1.807, 2.05) is 37.8 Å². The molecule has 116 valence electrons. The number of hydrogen-bond acceptors (Lipinski definition) is 3. The van der Waals surface area contributed by atoms with Crippen LogP contribution in [0, 0.1) is 6.92 Å². The summed E-state index contributed by atoms with van der Waals surface area (Å²) in [4.78, 5) is 14.7. The van der Waals surface area contributed by atoms with Gasteiger partial charge in [-0.25, -0.2) is 0 Å². The number of aryl methyl sites for hydroxylation is 1. The smallest absolute Gasteiger partial charge is 0.244 e. The summed E-state index contributed by atoms with van der Waals surface area (Å²) >= 11 is 0. The molecule has 0 aromatic heterocycles. The van der Waals surface area contributed by atoms with E-state index >= 15 is 0 Å². The van der Waals surface area contributed by atoms with Crippen molar-refractivity contribution in [1.82, 2.24) is 10.2 Å². The molecule has 0 radical (unpaired) electrons. The van der Waals surface area contributed by atoms with E-state index in [1.54, 1.807) is 0 Å². The summed E-state index contributed by atoms with van der Waals surface area (Å²) in [5, 5.41) is 3.52. The number of benzene rings is 1. The second kappa shape index (κ2) is 6.58. The SMILES string of the molecule is CCOCCN1C(=O)C(C)(CC)NC1c1ccccc1C. The summed E-state index contributed by atoms with van der Waals surface area (Å²) in [6.45, 7) is 9.96. The highest BCUT2D eigenvalue weighted by molar-refractivity contribution is 5.88. The highest BCUT2D eigenvalue weighted by Gasteiger charge is 2.47. The molecule has 2 atom stereocenters. The van der Waals surface area contributed by atoms with E-state index in [-0.39, 0.29) is 12.1 Å². The minimum atomic E-state index is -0.487. The molecule has 1 heterocycles. The average molecular weight is 290 g/mol. The number of carbonyl (C=O) groups excluding carboxylic acids is 1. The molecule has 4 heteroatoms. The maximum absolute atomic E-state index is 12.8. The Bertz CT molecular complexity index is 503. The Morgan fingerprint density at radius 1 is 1.33 bits per heavy atom. The van der Waals surface area contributed by atoms with Gasteiger partial charge in [0.1, 0.15) is 6.17 Å². The van der Waals surface area contributed by atoms with Gasteiger partial charge in [-0.05, 0) is 38.3 Å². The Labute approximate surface area is 127 Å². The lowest BCUT2D eigenvalue weighted by atomic mass is 9.99. The van der Waals surface area contributed by atoms with E-state index < -0.39 is 5.54 Å². The summed E-state index contributed by atoms with van der Waals surface area (Å²) in [5.41, 5.74) is 1.88. The van der Waals surface area contributed by atoms with Crippen molar-refractivity contribution in [1.29, 1.82) is 0 Å². The highest BCUT2D eigenvalue weighted by Crippen LogP contribution is 2.33. The molecule has 1 aromatic rings. The molecule has 1 N–H and O–H groups in total. The lowest BCUT2D eigenvalue weighted by Gasteiger charge is -2.25. The second-order valence-electron chi connectivity index (χ2n) is 5.78. The van der Waals surface area contributed by atoms with Crippen LogP contribution in [0.4, 0.5) is 0 Å². The monoisotopic (exact) mass is 290 g/mol. The maximum Gasteiger partial charge on any atom is 0.244 e. The first-order valence-corrected chi connectivity index (χ1v) is 7.75. The lowest BCUT2D eigenvalue weighted by Crippen LogP contribution is -2.43. The molecule has 1 saturated heterocycles. The predicted octanol–water partition coefficient (Wildman–Crippen LogP) is 2.63. The van der Waals surface area contributed by atoms with Crippen molar-refractivity contribution in [2.45, 2.75) is 45.8 Å². The molecular formula is C17H26N2O2. The Kier molecular flexibility index (Phi) is 5.01. The summed E-state index contributed by atoms with van der Waals surface area (Å²) in [5.74, 6) is 0.165. The van der Waals surface area contributed by atoms with E-state index in [2.05, 4.69) is 24.4 Å². The normalized spacial score (nSPS) is 25.6. The van der Waals surface area contributed by atoms with Crippen LogP contribution < -0.4 is 5.32 Å². The maximum atomic E-state index is 12.8. The largest absolute Gasteiger partial charge is 0.380 e. The number of carbonyl (C=O) groups is 1. The van der Waals surface area contributed by atoms with Gasteiger partial charge in [-0.3, -0.25) is 10.1 Å². The second-order valence-corrected chi connectivity index (χ2v) is 5.78. The van der Waals surface area contributed by atoms with Crippen LogP contribution in [-0.4, -0.2) is 36.1 Å². The zero-order valence-electron chi connectivity index (χ0n) is 13.5. The molecule has 1 aliphatic heterocycles. The third-order valence-electron chi connectivity index (χ3n) is 4.37. The Morgan fingerprint density at radius 2 is 2.05 bits per heavy atom. The Hall–Kier alpha value is -1.39. The van der Waals surface area contributed by atoms with Gasteiger partial charge >= 0.3 is 0 Å². The van der Waals surface area contributed by atoms with Crippen molar-refractivity contribution < 1.29 is 9.53 Å². The number of amides is 1. The van der Waals surface area contributed by atoms with Gasteiger partial charge in [0.05, 0.1) is 12.1 Å². The molecule has 4 nitrogen and oxygen atoms in total. The van der Waals surface area contributed by atoms with Crippen molar-refractivity contribution in [3.8, 4) is 0 Å². The van der Waals surface area contributed by atoms with Crippen molar-refractivity contribution in [2.75, 3.05) is 19.8 Å². The average Bonchev–Trinajstić information content (AvgIpc) is 2.73. The molecule has 0 bridgehead atoms. The number of ether oxygens (including phenoxy) is 1. The topological polar surface area (TPSA) is 41.6 Å². The van der Waals surface area contributed by atoms with E-state index in [9.17, 15) is 4.79 Å². The van der Waals surface area contributed by atoms with Crippen LogP contribution in [0.3, 0.4) is 0 Å². The third kappa shape index (κ3) is 3.11. The van der Waals surface area contributed by atoms with Gasteiger partial charge in [-0.1, -0.05) is 31.2 Å². The van der Waals surface area contributed by atoms with Crippen molar-refractivity contribution in [2.24, 2.45) is 0 Å². The highest BCUT2D eigenvalue weighted by atomic mass is 16.5. The number of hydrogen-bond donors (Lipinski definition) is 1. The van der Waals surface area contributed by atoms with E-state index in [0.717, 1.165) is 6.42 Å². The van der Waals surface area contributed by atoms with Gasteiger partial charge in [-0.2, -0.15) is 0 Å². The minimum Gasteiger partial charge on any atom is -0.380 e. The van der Waals surface area contributed by atoms with Crippen molar-refractivity contribution >= 4 is 5.91 Å². The minimum absolute atomic E-state index is 0.0656. The van der Waals surface area contributed by atoms with Crippen LogP contribution in [0.2, 0.25) is 0 Å². The standard InChI is InChI=1S/C17H26N2O2/c1-5-17(4)16(20)19(11-12-21-6-2)15(18-17)14-10-8-7-9-13(14)3/h7-10,15,18H,5-6,11-12H2,1-4H3. The van der Waals surface area contributed by atoms with Gasteiger partial charge < -0.3 is 9.64 Å². The van der Waals surface area contributed by atoms with Crippen molar-refractivity contribution in [3.63, 3.8) is 0 Å². The summed E-state index contributed by atoms with van der Waals surface area (Å²) in [6, 6.07) is 8.23. The molecule has 0 saturated carbocycles. The molecule has 1 aliphatic rings. The summed E-state index contributed by atoms with van der Waals surface area (Å²) < 4.78 is 5.44. The van der Waals surface area contributed by atoms with Crippen LogP contribution in [0.5, 0.6) is 0 Å². The van der Waals surface area contributed by atoms with E-state index in [1.165, 1.54) is 11.1 Å². The molecule has 0 aliphatic carbocycles.